The van der Waals surface area contributed by atoms with Crippen molar-refractivity contribution in [2.45, 2.75) is 48.3 Å². The van der Waals surface area contributed by atoms with E-state index in [4.69, 9.17) is 62.7 Å². The highest BCUT2D eigenvalue weighted by atomic mass is 35.5. The van der Waals surface area contributed by atoms with Crippen LogP contribution in [-0.2, 0) is 19.1 Å². The van der Waals surface area contributed by atoms with Gasteiger partial charge in [0.15, 0.2) is 4.84 Å². The number of ketones is 1. The minimum atomic E-state index is -1.63. The van der Waals surface area contributed by atoms with Crippen molar-refractivity contribution in [3.8, 4) is 5.75 Å². The fourth-order valence-electron chi connectivity index (χ4n) is 4.76. The standard InChI is InChI=1S/C14H16ClN3O2.C10H9Cl4NO2S.C9H9N3O2/c1-14(2,3)12(19)13(18-9-16-8-17-18)20-11-6-4-10(15)5-7-11;11-9(12)10(13,14)18-15-7(16)5-3-1-2-4-6(5)8(15)17;1-14-9(13)12-8-10-6-4-2-3-5-7(6)11-8/h4-9,13H,1-3H3;1-2,5-6,9H,3-4H2;2-5H,1H3,(H2,10,11,12,13). The fraction of sp³-hybridized carbons (Fsp3) is 0.364. The van der Waals surface area contributed by atoms with Crippen molar-refractivity contribution in [3.63, 3.8) is 0 Å². The second-order valence-electron chi connectivity index (χ2n) is 12.2. The topological polar surface area (TPSA) is 161 Å². The van der Waals surface area contributed by atoms with Gasteiger partial charge in [0.2, 0.25) is 27.2 Å². The monoisotopic (exact) mass is 831 g/mol. The number of anilines is 1. The highest BCUT2D eigenvalue weighted by Crippen LogP contribution is 2.48. The molecule has 1 saturated heterocycles. The molecule has 2 aromatic carbocycles. The molecule has 3 atom stereocenters. The van der Waals surface area contributed by atoms with Crippen LogP contribution >= 0.6 is 70.0 Å². The van der Waals surface area contributed by atoms with E-state index < -0.39 is 26.2 Å². The minimum absolute atomic E-state index is 0.0852. The highest BCUT2D eigenvalue weighted by Gasteiger charge is 2.51. The van der Waals surface area contributed by atoms with E-state index in [0.29, 0.717) is 41.5 Å². The van der Waals surface area contributed by atoms with Crippen molar-refractivity contribution < 1.29 is 28.7 Å². The molecule has 1 aliphatic carbocycles. The lowest BCUT2D eigenvalue weighted by Crippen LogP contribution is -2.34. The zero-order valence-electron chi connectivity index (χ0n) is 28.1. The molecule has 19 heteroatoms. The Kier molecular flexibility index (Phi) is 14.3. The number of amides is 3. The first kappa shape index (κ1) is 41.2. The van der Waals surface area contributed by atoms with Gasteiger partial charge < -0.3 is 14.5 Å². The molecule has 2 N–H and O–H groups in total. The summed E-state index contributed by atoms with van der Waals surface area (Å²) in [5.74, 6) is -0.340. The number of H-pyrrole nitrogens is 1. The SMILES string of the molecule is CC(C)(C)C(=O)C(Oc1ccc(Cl)cc1)n1cncn1.COC(=O)Nc1nc2ccccc2[nH]1.O=C1C2CC=CCC2C(=O)N1SC(Cl)(Cl)C(Cl)Cl. The molecule has 0 bridgehead atoms. The number of carbonyl (C=O) groups is 4. The molecule has 3 heterocycles. The van der Waals surface area contributed by atoms with E-state index in [1.165, 1.54) is 24.4 Å². The summed E-state index contributed by atoms with van der Waals surface area (Å²) in [7, 11) is 1.30. The van der Waals surface area contributed by atoms with Crippen LogP contribution in [0.1, 0.15) is 39.8 Å². The number of nitrogens with one attached hydrogen (secondary N) is 2. The van der Waals surface area contributed by atoms with E-state index >= 15 is 0 Å². The van der Waals surface area contributed by atoms with Crippen LogP contribution in [0.4, 0.5) is 10.7 Å². The van der Waals surface area contributed by atoms with Crippen LogP contribution in [-0.4, -0.2) is 68.3 Å². The number of hydrogen-bond acceptors (Lipinski definition) is 10. The molecule has 2 aliphatic rings. The molecular formula is C33H34Cl5N7O6S. The number of nitrogens with zero attached hydrogens (tertiary/aromatic N) is 5. The number of imide groups is 1. The number of Topliss-reactive ketones (excluding diaryl/α,β-unsaturated/α-hetero) is 1. The van der Waals surface area contributed by atoms with Crippen LogP contribution in [0.2, 0.25) is 5.02 Å². The van der Waals surface area contributed by atoms with Gasteiger partial charge in [-0.25, -0.2) is 23.7 Å². The van der Waals surface area contributed by atoms with E-state index in [2.05, 4.69) is 30.1 Å². The molecule has 2 aromatic heterocycles. The molecule has 13 nitrogen and oxygen atoms in total. The molecule has 278 valence electrons. The first-order valence-corrected chi connectivity index (χ1v) is 18.3. The maximum atomic E-state index is 12.5. The number of para-hydroxylation sites is 2. The van der Waals surface area contributed by atoms with Crippen molar-refractivity contribution in [2.24, 2.45) is 17.3 Å². The number of imidazole rings is 1. The molecular weight excluding hydrogens is 800 g/mol. The first-order chi connectivity index (χ1) is 24.5. The molecule has 6 rings (SSSR count). The third-order valence-corrected chi connectivity index (χ3v) is 10.9. The van der Waals surface area contributed by atoms with Gasteiger partial charge in [-0.15, -0.1) is 23.2 Å². The lowest BCUT2D eigenvalue weighted by Gasteiger charge is -2.25. The number of alkyl halides is 4. The number of ether oxygens (including phenoxy) is 2. The average molecular weight is 834 g/mol. The molecule has 0 saturated carbocycles. The number of benzene rings is 2. The van der Waals surface area contributed by atoms with Crippen LogP contribution in [0.25, 0.3) is 11.0 Å². The number of hydrogen-bond donors (Lipinski definition) is 2. The maximum Gasteiger partial charge on any atom is 0.413 e. The van der Waals surface area contributed by atoms with Gasteiger partial charge in [0.25, 0.3) is 6.23 Å². The minimum Gasteiger partial charge on any atom is -0.461 e. The van der Waals surface area contributed by atoms with Gasteiger partial charge >= 0.3 is 6.09 Å². The number of halogens is 5. The van der Waals surface area contributed by atoms with Crippen LogP contribution in [0.3, 0.4) is 0 Å². The van der Waals surface area contributed by atoms with Gasteiger partial charge in [0.1, 0.15) is 18.4 Å². The second-order valence-corrected chi connectivity index (χ2v) is 16.8. The van der Waals surface area contributed by atoms with E-state index in [1.807, 2.05) is 57.2 Å². The lowest BCUT2D eigenvalue weighted by atomic mass is 9.85. The molecule has 0 radical (unpaired) electrons. The average Bonchev–Trinajstić information content (AvgIpc) is 3.84. The van der Waals surface area contributed by atoms with Crippen molar-refractivity contribution in [1.82, 2.24) is 29.0 Å². The van der Waals surface area contributed by atoms with Crippen LogP contribution in [0.15, 0.2) is 73.3 Å². The summed E-state index contributed by atoms with van der Waals surface area (Å²) in [6.07, 6.45) is 6.38. The van der Waals surface area contributed by atoms with Gasteiger partial charge in [-0.1, -0.05) is 79.9 Å². The van der Waals surface area contributed by atoms with E-state index in [1.54, 1.807) is 24.3 Å². The molecule has 0 spiro atoms. The molecule has 1 fully saturated rings. The van der Waals surface area contributed by atoms with Crippen molar-refractivity contribution >= 4 is 111 Å². The zero-order valence-corrected chi connectivity index (χ0v) is 32.7. The number of aromatic nitrogens is 5. The summed E-state index contributed by atoms with van der Waals surface area (Å²) in [4.78, 5) is 57.4. The summed E-state index contributed by atoms with van der Waals surface area (Å²) in [5, 5.41) is 7.06. The quantitative estimate of drug-likeness (QED) is 0.0764. The predicted octanol–water partition coefficient (Wildman–Crippen LogP) is 8.39. The second kappa shape index (κ2) is 18.0. The third kappa shape index (κ3) is 10.8. The number of fused-ring (bicyclic) bond motifs is 2. The number of methoxy groups -OCH3 is 1. The lowest BCUT2D eigenvalue weighted by molar-refractivity contribution is -0.138. The maximum absolute atomic E-state index is 12.5. The summed E-state index contributed by atoms with van der Waals surface area (Å²) in [6, 6.07) is 14.3. The summed E-state index contributed by atoms with van der Waals surface area (Å²) < 4.78 is 11.0. The molecule has 52 heavy (non-hydrogen) atoms. The third-order valence-electron chi connectivity index (χ3n) is 7.43. The number of allylic oxidation sites excluding steroid dienone is 2. The molecule has 4 aromatic rings. The molecule has 3 amide bonds. The summed E-state index contributed by atoms with van der Waals surface area (Å²) >= 11 is 29.5. The smallest absolute Gasteiger partial charge is 0.413 e. The Morgan fingerprint density at radius 1 is 1.00 bits per heavy atom. The zero-order chi connectivity index (χ0) is 38.2. The largest absolute Gasteiger partial charge is 0.461 e. The fourth-order valence-corrected chi connectivity index (χ4v) is 6.31. The first-order valence-electron chi connectivity index (χ1n) is 15.5. The van der Waals surface area contributed by atoms with E-state index in [9.17, 15) is 19.2 Å². The van der Waals surface area contributed by atoms with Crippen molar-refractivity contribution in [2.75, 3.05) is 12.4 Å². The Bertz CT molecular complexity index is 1820. The van der Waals surface area contributed by atoms with Crippen molar-refractivity contribution in [1.29, 1.82) is 0 Å². The number of rotatable bonds is 8. The predicted molar refractivity (Wildman–Crippen MR) is 202 cm³/mol. The number of carbonyl (C=O) groups excluding carboxylic acids is 4. The Morgan fingerprint density at radius 2 is 1.62 bits per heavy atom. The van der Waals surface area contributed by atoms with E-state index in [0.717, 1.165) is 15.3 Å². The van der Waals surface area contributed by atoms with E-state index in [-0.39, 0.29) is 29.4 Å². The van der Waals surface area contributed by atoms with Crippen LogP contribution < -0.4 is 10.1 Å². The molecule has 1 aliphatic heterocycles. The van der Waals surface area contributed by atoms with Gasteiger partial charge in [0.05, 0.1) is 30.0 Å². The van der Waals surface area contributed by atoms with Gasteiger partial charge in [-0.05, 0) is 49.2 Å². The highest BCUT2D eigenvalue weighted by molar-refractivity contribution is 8.02. The Labute approximate surface area is 328 Å². The summed E-state index contributed by atoms with van der Waals surface area (Å²) in [5.41, 5.74) is 1.13. The number of aromatic amines is 1. The van der Waals surface area contributed by atoms with Crippen LogP contribution in [0.5, 0.6) is 5.75 Å². The normalized spacial score (nSPS) is 17.5. The Morgan fingerprint density at radius 3 is 2.13 bits per heavy atom. The van der Waals surface area contributed by atoms with Gasteiger partial charge in [-0.2, -0.15) is 5.10 Å². The van der Waals surface area contributed by atoms with Gasteiger partial charge in [0, 0.05) is 22.4 Å². The van der Waals surface area contributed by atoms with Crippen LogP contribution in [0, 0.1) is 17.3 Å². The van der Waals surface area contributed by atoms with Crippen molar-refractivity contribution in [3.05, 3.63) is 78.4 Å². The Balaban J connectivity index is 0.000000177. The Hall–Kier alpha value is -3.53. The van der Waals surface area contributed by atoms with Gasteiger partial charge in [-0.3, -0.25) is 19.7 Å². The molecule has 3 unspecified atom stereocenters. The summed E-state index contributed by atoms with van der Waals surface area (Å²) in [6.45, 7) is 5.51.